The molecule has 3 nitrogen and oxygen atoms in total. The third-order valence-electron chi connectivity index (χ3n) is 1.08. The van der Waals surface area contributed by atoms with Gasteiger partial charge in [0.15, 0.2) is 0 Å². The molecular weight excluding hydrogens is 150 g/mol. The van der Waals surface area contributed by atoms with Crippen LogP contribution in [-0.2, 0) is 0 Å². The predicted molar refractivity (Wildman–Crippen MR) is 50.1 cm³/mol. The van der Waals surface area contributed by atoms with Gasteiger partial charge in [0.1, 0.15) is 5.82 Å². The van der Waals surface area contributed by atoms with Gasteiger partial charge in [-0.25, -0.2) is 0 Å². The van der Waals surface area contributed by atoms with E-state index in [-0.39, 0.29) is 0 Å². The Bertz CT molecular complexity index is 196. The summed E-state index contributed by atoms with van der Waals surface area (Å²) < 4.78 is 0. The lowest BCUT2D eigenvalue weighted by Crippen LogP contribution is -2.26. The van der Waals surface area contributed by atoms with Crippen molar-refractivity contribution in [1.29, 1.82) is 5.26 Å². The number of hydrogen-bond donors (Lipinski definition) is 2. The average Bonchev–Trinajstić information content (AvgIpc) is 2.10. The Morgan fingerprint density at radius 1 is 1.25 bits per heavy atom. The van der Waals surface area contributed by atoms with Crippen LogP contribution in [0.5, 0.6) is 0 Å². The number of hydrogen-bond acceptors (Lipinski definition) is 3. The molecular formula is C9H13N3. The SMILES string of the molecule is C=CCNC(=CC#N)NCC=C. The van der Waals surface area contributed by atoms with E-state index in [4.69, 9.17) is 5.26 Å². The molecule has 0 heterocycles. The fourth-order valence-electron chi connectivity index (χ4n) is 0.593. The van der Waals surface area contributed by atoms with Gasteiger partial charge < -0.3 is 10.6 Å². The van der Waals surface area contributed by atoms with Crippen LogP contribution in [0.3, 0.4) is 0 Å². The molecule has 0 saturated heterocycles. The minimum absolute atomic E-state index is 0.637. The molecule has 0 aliphatic carbocycles. The molecule has 0 fully saturated rings. The van der Waals surface area contributed by atoms with E-state index in [9.17, 15) is 0 Å². The predicted octanol–water partition coefficient (Wildman–Crippen LogP) is 0.903. The molecule has 0 aromatic heterocycles. The molecule has 0 rings (SSSR count). The molecule has 0 bridgehead atoms. The Hall–Kier alpha value is -1.69. The Balaban J connectivity index is 3.87. The first-order valence-electron chi connectivity index (χ1n) is 3.64. The largest absolute Gasteiger partial charge is 0.368 e. The first-order valence-corrected chi connectivity index (χ1v) is 3.64. The quantitative estimate of drug-likeness (QED) is 0.452. The number of allylic oxidation sites excluding steroid dienone is 1. The van der Waals surface area contributed by atoms with Crippen molar-refractivity contribution in [2.75, 3.05) is 13.1 Å². The molecule has 0 unspecified atom stereocenters. The van der Waals surface area contributed by atoms with Gasteiger partial charge in [-0.15, -0.1) is 13.2 Å². The molecule has 0 aliphatic heterocycles. The van der Waals surface area contributed by atoms with Gasteiger partial charge >= 0.3 is 0 Å². The van der Waals surface area contributed by atoms with Crippen LogP contribution in [0.1, 0.15) is 0 Å². The van der Waals surface area contributed by atoms with Crippen LogP contribution in [0, 0.1) is 11.3 Å². The molecule has 64 valence electrons. The summed E-state index contributed by atoms with van der Waals surface area (Å²) >= 11 is 0. The van der Waals surface area contributed by atoms with Crippen LogP contribution in [0.4, 0.5) is 0 Å². The standard InChI is InChI=1S/C9H13N3/c1-3-7-11-9(5-6-10)12-8-4-2/h3-5,11-12H,1-2,7-8H2. The highest BCUT2D eigenvalue weighted by molar-refractivity contribution is 5.11. The second-order valence-electron chi connectivity index (χ2n) is 2.03. The lowest BCUT2D eigenvalue weighted by molar-refractivity contribution is 0.763. The van der Waals surface area contributed by atoms with E-state index in [0.29, 0.717) is 18.9 Å². The maximum atomic E-state index is 8.38. The van der Waals surface area contributed by atoms with Crippen LogP contribution in [0.25, 0.3) is 0 Å². The summed E-state index contributed by atoms with van der Waals surface area (Å²) in [5, 5.41) is 14.3. The van der Waals surface area contributed by atoms with E-state index in [1.54, 1.807) is 12.2 Å². The van der Waals surface area contributed by atoms with Crippen LogP contribution in [-0.4, -0.2) is 13.1 Å². The van der Waals surface area contributed by atoms with Crippen molar-refractivity contribution >= 4 is 0 Å². The summed E-state index contributed by atoms with van der Waals surface area (Å²) in [5.74, 6) is 0.692. The third kappa shape index (κ3) is 5.12. The number of nitrogens with zero attached hydrogens (tertiary/aromatic N) is 1. The van der Waals surface area contributed by atoms with E-state index >= 15 is 0 Å². The lowest BCUT2D eigenvalue weighted by Gasteiger charge is -2.08. The highest BCUT2D eigenvalue weighted by atomic mass is 15.1. The first-order chi connectivity index (χ1) is 5.85. The molecule has 0 radical (unpaired) electrons. The zero-order valence-electron chi connectivity index (χ0n) is 7.01. The lowest BCUT2D eigenvalue weighted by atomic mass is 10.5. The molecule has 0 aromatic carbocycles. The summed E-state index contributed by atoms with van der Waals surface area (Å²) in [6.07, 6.45) is 4.86. The van der Waals surface area contributed by atoms with Crippen LogP contribution >= 0.6 is 0 Å². The first kappa shape index (κ1) is 10.3. The topological polar surface area (TPSA) is 47.9 Å². The van der Waals surface area contributed by atoms with Crippen LogP contribution in [0.2, 0.25) is 0 Å². The monoisotopic (exact) mass is 163 g/mol. The van der Waals surface area contributed by atoms with Crippen molar-refractivity contribution in [3.05, 3.63) is 37.2 Å². The summed E-state index contributed by atoms with van der Waals surface area (Å²) in [5.41, 5.74) is 0. The third-order valence-corrected chi connectivity index (χ3v) is 1.08. The molecule has 2 N–H and O–H groups in total. The Morgan fingerprint density at radius 2 is 1.75 bits per heavy atom. The van der Waals surface area contributed by atoms with Gasteiger partial charge in [0, 0.05) is 13.1 Å². The molecule has 0 saturated carbocycles. The van der Waals surface area contributed by atoms with Crippen molar-refractivity contribution in [2.45, 2.75) is 0 Å². The summed E-state index contributed by atoms with van der Waals surface area (Å²) in [4.78, 5) is 0. The highest BCUT2D eigenvalue weighted by Gasteiger charge is 1.89. The second kappa shape index (κ2) is 7.42. The number of nitriles is 1. The normalized spacial score (nSPS) is 7.58. The number of rotatable bonds is 6. The maximum absolute atomic E-state index is 8.38. The van der Waals surface area contributed by atoms with Crippen LogP contribution in [0.15, 0.2) is 37.2 Å². The van der Waals surface area contributed by atoms with E-state index in [2.05, 4.69) is 23.8 Å². The maximum Gasteiger partial charge on any atom is 0.110 e. The summed E-state index contributed by atoms with van der Waals surface area (Å²) in [6, 6.07) is 1.93. The molecule has 0 amide bonds. The van der Waals surface area contributed by atoms with E-state index in [1.807, 2.05) is 6.07 Å². The molecule has 3 heteroatoms. The smallest absolute Gasteiger partial charge is 0.110 e. The zero-order valence-corrected chi connectivity index (χ0v) is 7.01. The highest BCUT2D eigenvalue weighted by Crippen LogP contribution is 1.81. The minimum atomic E-state index is 0.637. The number of nitrogens with one attached hydrogen (secondary N) is 2. The van der Waals surface area contributed by atoms with Gasteiger partial charge in [-0.05, 0) is 0 Å². The van der Waals surface area contributed by atoms with Crippen molar-refractivity contribution in [1.82, 2.24) is 10.6 Å². The van der Waals surface area contributed by atoms with Gasteiger partial charge in [-0.2, -0.15) is 5.26 Å². The van der Waals surface area contributed by atoms with Crippen molar-refractivity contribution < 1.29 is 0 Å². The zero-order chi connectivity index (χ0) is 9.23. The van der Waals surface area contributed by atoms with E-state index in [1.165, 1.54) is 6.08 Å². The molecule has 0 aliphatic rings. The average molecular weight is 163 g/mol. The van der Waals surface area contributed by atoms with Gasteiger partial charge in [-0.1, -0.05) is 12.2 Å². The molecule has 0 spiro atoms. The fourth-order valence-corrected chi connectivity index (χ4v) is 0.593. The van der Waals surface area contributed by atoms with E-state index in [0.717, 1.165) is 0 Å². The van der Waals surface area contributed by atoms with Crippen molar-refractivity contribution in [3.8, 4) is 6.07 Å². The summed E-state index contributed by atoms with van der Waals surface area (Å²) in [6.45, 7) is 8.38. The molecule has 0 atom stereocenters. The molecule has 12 heavy (non-hydrogen) atoms. The minimum Gasteiger partial charge on any atom is -0.368 e. The van der Waals surface area contributed by atoms with E-state index < -0.39 is 0 Å². The fraction of sp³-hybridized carbons (Fsp3) is 0.222. The van der Waals surface area contributed by atoms with Crippen molar-refractivity contribution in [3.63, 3.8) is 0 Å². The Labute approximate surface area is 73.1 Å². The molecule has 0 aromatic rings. The Kier molecular flexibility index (Phi) is 6.37. The van der Waals surface area contributed by atoms with Crippen LogP contribution < -0.4 is 10.6 Å². The van der Waals surface area contributed by atoms with Crippen molar-refractivity contribution in [2.24, 2.45) is 0 Å². The summed E-state index contributed by atoms with van der Waals surface area (Å²) in [7, 11) is 0. The van der Waals surface area contributed by atoms with Gasteiger partial charge in [0.05, 0.1) is 12.1 Å². The van der Waals surface area contributed by atoms with Gasteiger partial charge in [0.2, 0.25) is 0 Å². The second-order valence-corrected chi connectivity index (χ2v) is 2.03. The van der Waals surface area contributed by atoms with Gasteiger partial charge in [0.25, 0.3) is 0 Å². The Morgan fingerprint density at radius 3 is 2.08 bits per heavy atom. The van der Waals surface area contributed by atoms with Gasteiger partial charge in [-0.3, -0.25) is 0 Å².